The summed E-state index contributed by atoms with van der Waals surface area (Å²) in [6.07, 6.45) is 3.20. The highest BCUT2D eigenvalue weighted by Gasteiger charge is 2.21. The number of benzene rings is 1. The van der Waals surface area contributed by atoms with Crippen molar-refractivity contribution in [3.8, 4) is 5.75 Å². The van der Waals surface area contributed by atoms with Gasteiger partial charge in [-0.2, -0.15) is 0 Å². The molecule has 0 radical (unpaired) electrons. The predicted octanol–water partition coefficient (Wildman–Crippen LogP) is 4.09. The summed E-state index contributed by atoms with van der Waals surface area (Å²) in [6, 6.07) is 4.72. The van der Waals surface area contributed by atoms with E-state index in [1.807, 2.05) is 13.8 Å². The number of nitrogens with zero attached hydrogens (tertiary/aromatic N) is 1. The van der Waals surface area contributed by atoms with Crippen LogP contribution in [-0.2, 0) is 0 Å². The highest BCUT2D eigenvalue weighted by molar-refractivity contribution is 6.30. The molecular weight excluding hydrogens is 262 g/mol. The summed E-state index contributed by atoms with van der Waals surface area (Å²) < 4.78 is 0. The largest absolute Gasteiger partial charge is 0.507 e. The SMILES string of the molecule is CCCCCN(C(=O)c1ccc(Cl)cc1O)C(C)C. The smallest absolute Gasteiger partial charge is 0.257 e. The van der Waals surface area contributed by atoms with E-state index in [9.17, 15) is 9.90 Å². The van der Waals surface area contributed by atoms with Crippen molar-refractivity contribution in [1.82, 2.24) is 4.90 Å². The number of amides is 1. The first-order valence-corrected chi connectivity index (χ1v) is 7.14. The molecule has 0 aromatic heterocycles. The summed E-state index contributed by atoms with van der Waals surface area (Å²) >= 11 is 5.78. The zero-order chi connectivity index (χ0) is 14.4. The summed E-state index contributed by atoms with van der Waals surface area (Å²) in [7, 11) is 0. The summed E-state index contributed by atoms with van der Waals surface area (Å²) in [6.45, 7) is 6.81. The van der Waals surface area contributed by atoms with Crippen molar-refractivity contribution >= 4 is 17.5 Å². The molecule has 0 unspecified atom stereocenters. The number of hydrogen-bond acceptors (Lipinski definition) is 2. The summed E-state index contributed by atoms with van der Waals surface area (Å²) in [5.74, 6) is -0.195. The fourth-order valence-corrected chi connectivity index (χ4v) is 2.13. The minimum absolute atomic E-state index is 0.0568. The Kier molecular flexibility index (Phi) is 6.16. The molecule has 0 aliphatic carbocycles. The molecule has 0 saturated carbocycles. The van der Waals surface area contributed by atoms with Crippen LogP contribution in [0.2, 0.25) is 5.02 Å². The fourth-order valence-electron chi connectivity index (χ4n) is 1.97. The van der Waals surface area contributed by atoms with Gasteiger partial charge in [0.05, 0.1) is 5.56 Å². The van der Waals surface area contributed by atoms with Crippen LogP contribution < -0.4 is 0 Å². The lowest BCUT2D eigenvalue weighted by atomic mass is 10.1. The van der Waals surface area contributed by atoms with Crippen LogP contribution in [0.3, 0.4) is 0 Å². The average Bonchev–Trinajstić information content (AvgIpc) is 2.33. The van der Waals surface area contributed by atoms with Gasteiger partial charge in [0.2, 0.25) is 0 Å². The maximum atomic E-state index is 12.4. The van der Waals surface area contributed by atoms with Gasteiger partial charge in [-0.05, 0) is 38.5 Å². The van der Waals surface area contributed by atoms with E-state index in [0.717, 1.165) is 19.3 Å². The van der Waals surface area contributed by atoms with Gasteiger partial charge in [0.1, 0.15) is 5.75 Å². The summed E-state index contributed by atoms with van der Waals surface area (Å²) in [5, 5.41) is 10.3. The molecule has 0 spiro atoms. The van der Waals surface area contributed by atoms with Gasteiger partial charge in [0.15, 0.2) is 0 Å². The molecule has 106 valence electrons. The van der Waals surface area contributed by atoms with E-state index in [1.165, 1.54) is 6.07 Å². The molecule has 19 heavy (non-hydrogen) atoms. The van der Waals surface area contributed by atoms with Crippen molar-refractivity contribution in [2.24, 2.45) is 0 Å². The van der Waals surface area contributed by atoms with E-state index in [4.69, 9.17) is 11.6 Å². The number of rotatable bonds is 6. The third kappa shape index (κ3) is 4.43. The average molecular weight is 284 g/mol. The number of phenolic OH excluding ortho intramolecular Hbond substituents is 1. The summed E-state index contributed by atoms with van der Waals surface area (Å²) in [5.41, 5.74) is 0.314. The van der Waals surface area contributed by atoms with Crippen molar-refractivity contribution in [3.63, 3.8) is 0 Å². The van der Waals surface area contributed by atoms with E-state index in [0.29, 0.717) is 17.1 Å². The Morgan fingerprint density at radius 1 is 1.37 bits per heavy atom. The lowest BCUT2D eigenvalue weighted by molar-refractivity contribution is 0.0699. The second-order valence-corrected chi connectivity index (χ2v) is 5.40. The second-order valence-electron chi connectivity index (χ2n) is 4.96. The van der Waals surface area contributed by atoms with Gasteiger partial charge in [-0.25, -0.2) is 0 Å². The normalized spacial score (nSPS) is 10.8. The first-order chi connectivity index (χ1) is 8.97. The maximum absolute atomic E-state index is 12.4. The molecule has 1 amide bonds. The van der Waals surface area contributed by atoms with Crippen molar-refractivity contribution in [2.75, 3.05) is 6.54 Å². The van der Waals surface area contributed by atoms with Gasteiger partial charge in [0.25, 0.3) is 5.91 Å². The van der Waals surface area contributed by atoms with Crippen LogP contribution in [0.1, 0.15) is 50.4 Å². The predicted molar refractivity (Wildman–Crippen MR) is 78.8 cm³/mol. The van der Waals surface area contributed by atoms with Gasteiger partial charge >= 0.3 is 0 Å². The highest BCUT2D eigenvalue weighted by atomic mass is 35.5. The van der Waals surface area contributed by atoms with Crippen LogP contribution >= 0.6 is 11.6 Å². The molecule has 0 saturated heterocycles. The molecule has 3 nitrogen and oxygen atoms in total. The zero-order valence-electron chi connectivity index (χ0n) is 11.8. The van der Waals surface area contributed by atoms with Crippen molar-refractivity contribution in [1.29, 1.82) is 0 Å². The minimum atomic E-state index is -0.139. The van der Waals surface area contributed by atoms with Crippen molar-refractivity contribution in [3.05, 3.63) is 28.8 Å². The number of unbranched alkanes of at least 4 members (excludes halogenated alkanes) is 2. The topological polar surface area (TPSA) is 40.5 Å². The zero-order valence-corrected chi connectivity index (χ0v) is 12.6. The Balaban J connectivity index is 2.86. The number of halogens is 1. The first kappa shape index (κ1) is 15.8. The Hall–Kier alpha value is -1.22. The molecule has 1 aromatic carbocycles. The monoisotopic (exact) mass is 283 g/mol. The van der Waals surface area contributed by atoms with Gasteiger partial charge in [-0.3, -0.25) is 4.79 Å². The molecule has 0 fully saturated rings. The number of carbonyl (C=O) groups excluding carboxylic acids is 1. The Labute approximate surface area is 120 Å². The van der Waals surface area contributed by atoms with Crippen LogP contribution in [0.4, 0.5) is 0 Å². The molecule has 0 aliphatic heterocycles. The van der Waals surface area contributed by atoms with Gasteiger partial charge in [-0.15, -0.1) is 0 Å². The lowest BCUT2D eigenvalue weighted by Crippen LogP contribution is -2.37. The first-order valence-electron chi connectivity index (χ1n) is 6.76. The molecule has 4 heteroatoms. The Bertz CT molecular complexity index is 432. The maximum Gasteiger partial charge on any atom is 0.257 e. The Morgan fingerprint density at radius 3 is 2.58 bits per heavy atom. The molecule has 0 atom stereocenters. The standard InChI is InChI=1S/C15H22ClNO2/c1-4-5-6-9-17(11(2)3)15(19)13-8-7-12(16)10-14(13)18/h7-8,10-11,18H,4-6,9H2,1-3H3. The van der Waals surface area contributed by atoms with E-state index in [2.05, 4.69) is 6.92 Å². The molecular formula is C15H22ClNO2. The lowest BCUT2D eigenvalue weighted by Gasteiger charge is -2.27. The molecule has 1 N–H and O–H groups in total. The van der Waals surface area contributed by atoms with Crippen LogP contribution in [-0.4, -0.2) is 28.5 Å². The number of aromatic hydroxyl groups is 1. The number of carbonyl (C=O) groups is 1. The van der Waals surface area contributed by atoms with Crippen LogP contribution in [0.15, 0.2) is 18.2 Å². The van der Waals surface area contributed by atoms with Crippen LogP contribution in [0, 0.1) is 0 Å². The molecule has 0 aliphatic rings. The summed E-state index contributed by atoms with van der Waals surface area (Å²) in [4.78, 5) is 14.2. The second kappa shape index (κ2) is 7.39. The molecule has 1 rings (SSSR count). The fraction of sp³-hybridized carbons (Fsp3) is 0.533. The minimum Gasteiger partial charge on any atom is -0.507 e. The molecule has 0 bridgehead atoms. The Morgan fingerprint density at radius 2 is 2.05 bits per heavy atom. The molecule has 0 heterocycles. The van der Waals surface area contributed by atoms with E-state index < -0.39 is 0 Å². The number of hydrogen-bond donors (Lipinski definition) is 1. The third-order valence-electron chi connectivity index (χ3n) is 3.08. The van der Waals surface area contributed by atoms with Crippen LogP contribution in [0.5, 0.6) is 5.75 Å². The van der Waals surface area contributed by atoms with Gasteiger partial charge < -0.3 is 10.0 Å². The number of phenols is 1. The quantitative estimate of drug-likeness (QED) is 0.799. The van der Waals surface area contributed by atoms with Gasteiger partial charge in [-0.1, -0.05) is 31.4 Å². The van der Waals surface area contributed by atoms with Crippen LogP contribution in [0.25, 0.3) is 0 Å². The molecule has 1 aromatic rings. The highest BCUT2D eigenvalue weighted by Crippen LogP contribution is 2.24. The van der Waals surface area contributed by atoms with E-state index >= 15 is 0 Å². The third-order valence-corrected chi connectivity index (χ3v) is 3.31. The van der Waals surface area contributed by atoms with Crippen molar-refractivity contribution < 1.29 is 9.90 Å². The van der Waals surface area contributed by atoms with Crippen molar-refractivity contribution in [2.45, 2.75) is 46.1 Å². The van der Waals surface area contributed by atoms with E-state index in [-0.39, 0.29) is 17.7 Å². The van der Waals surface area contributed by atoms with E-state index in [1.54, 1.807) is 17.0 Å². The van der Waals surface area contributed by atoms with Gasteiger partial charge in [0, 0.05) is 17.6 Å².